The van der Waals surface area contributed by atoms with Crippen molar-refractivity contribution >= 4 is 15.9 Å². The highest BCUT2D eigenvalue weighted by Gasteiger charge is 2.36. The van der Waals surface area contributed by atoms with Crippen molar-refractivity contribution in [1.29, 1.82) is 0 Å². The Balaban J connectivity index is 1.96. The quantitative estimate of drug-likeness (QED) is 0.718. The van der Waals surface area contributed by atoms with Crippen LogP contribution in [0.1, 0.15) is 31.2 Å². The van der Waals surface area contributed by atoms with E-state index >= 15 is 0 Å². The molecule has 0 saturated carbocycles. The summed E-state index contributed by atoms with van der Waals surface area (Å²) in [5.74, 6) is 0.314. The number of ether oxygens (including phenoxy) is 1. The number of rotatable bonds is 7. The van der Waals surface area contributed by atoms with Gasteiger partial charge >= 0.3 is 0 Å². The van der Waals surface area contributed by atoms with E-state index in [0.29, 0.717) is 50.5 Å². The highest BCUT2D eigenvalue weighted by molar-refractivity contribution is 7.89. The maximum absolute atomic E-state index is 12.8. The second kappa shape index (κ2) is 8.29. The van der Waals surface area contributed by atoms with Gasteiger partial charge in [0.1, 0.15) is 10.6 Å². The van der Waals surface area contributed by atoms with Gasteiger partial charge in [0.2, 0.25) is 15.9 Å². The zero-order chi connectivity index (χ0) is 18.6. The predicted octanol–water partition coefficient (Wildman–Crippen LogP) is 1.09. The van der Waals surface area contributed by atoms with Gasteiger partial charge in [0.25, 0.3) is 0 Å². The molecule has 1 saturated heterocycles. The summed E-state index contributed by atoms with van der Waals surface area (Å²) in [6.07, 6.45) is 1.31. The van der Waals surface area contributed by atoms with Crippen LogP contribution in [0.5, 0.6) is 0 Å². The Morgan fingerprint density at radius 3 is 2.56 bits per heavy atom. The van der Waals surface area contributed by atoms with Gasteiger partial charge in [-0.1, -0.05) is 12.1 Å². The number of hydrogen-bond donors (Lipinski definition) is 1. The molecule has 1 aliphatic heterocycles. The fraction of sp³-hybridized carbons (Fsp3) is 0.750. The van der Waals surface area contributed by atoms with Gasteiger partial charge in [-0.15, -0.1) is 0 Å². The van der Waals surface area contributed by atoms with Gasteiger partial charge in [-0.25, -0.2) is 8.42 Å². The number of aryl methyl sites for hydroxylation is 2. The molecule has 2 heterocycles. The van der Waals surface area contributed by atoms with Crippen molar-refractivity contribution in [2.75, 3.05) is 33.4 Å². The summed E-state index contributed by atoms with van der Waals surface area (Å²) in [4.78, 5) is 12.3. The summed E-state index contributed by atoms with van der Waals surface area (Å²) in [6, 6.07) is 0. The monoisotopic (exact) mass is 373 g/mol. The lowest BCUT2D eigenvalue weighted by atomic mass is 9.85. The molecule has 1 amide bonds. The van der Waals surface area contributed by atoms with Crippen LogP contribution >= 0.6 is 0 Å². The molecule has 1 aromatic heterocycles. The van der Waals surface area contributed by atoms with Gasteiger partial charge in [-0.05, 0) is 32.6 Å². The minimum Gasteiger partial charge on any atom is -0.383 e. The SMILES string of the molecule is COCCNC(=O)[C@@H](C)C1CCN(S(=O)(=O)c2c(C)noc2C)CC1. The molecule has 9 heteroatoms. The zero-order valence-corrected chi connectivity index (χ0v) is 16.1. The molecule has 0 spiro atoms. The summed E-state index contributed by atoms with van der Waals surface area (Å²) >= 11 is 0. The topological polar surface area (TPSA) is 102 Å². The van der Waals surface area contributed by atoms with Gasteiger partial charge in [0, 0.05) is 32.7 Å². The minimum atomic E-state index is -3.61. The van der Waals surface area contributed by atoms with E-state index in [9.17, 15) is 13.2 Å². The van der Waals surface area contributed by atoms with Crippen molar-refractivity contribution in [3.8, 4) is 0 Å². The van der Waals surface area contributed by atoms with E-state index in [1.165, 1.54) is 4.31 Å². The lowest BCUT2D eigenvalue weighted by molar-refractivity contribution is -0.126. The molecule has 1 fully saturated rings. The third-order valence-electron chi connectivity index (χ3n) is 4.79. The molecule has 1 atom stereocenters. The van der Waals surface area contributed by atoms with Crippen LogP contribution in [0.15, 0.2) is 9.42 Å². The Kier molecular flexibility index (Phi) is 6.59. The average Bonchev–Trinajstić information content (AvgIpc) is 2.93. The van der Waals surface area contributed by atoms with Crippen molar-refractivity contribution in [3.63, 3.8) is 0 Å². The van der Waals surface area contributed by atoms with Gasteiger partial charge in [-0.3, -0.25) is 4.79 Å². The molecule has 25 heavy (non-hydrogen) atoms. The first-order valence-corrected chi connectivity index (χ1v) is 9.92. The lowest BCUT2D eigenvalue weighted by Gasteiger charge is -2.33. The summed E-state index contributed by atoms with van der Waals surface area (Å²) in [6.45, 7) is 6.88. The van der Waals surface area contributed by atoms with Crippen LogP contribution < -0.4 is 5.32 Å². The normalized spacial score (nSPS) is 18.2. The highest BCUT2D eigenvalue weighted by Crippen LogP contribution is 2.30. The molecule has 142 valence electrons. The van der Waals surface area contributed by atoms with E-state index in [1.54, 1.807) is 21.0 Å². The van der Waals surface area contributed by atoms with Gasteiger partial charge in [0.15, 0.2) is 5.76 Å². The van der Waals surface area contributed by atoms with E-state index in [0.717, 1.165) is 0 Å². The zero-order valence-electron chi connectivity index (χ0n) is 15.2. The number of aromatic nitrogens is 1. The number of nitrogens with one attached hydrogen (secondary N) is 1. The van der Waals surface area contributed by atoms with Gasteiger partial charge < -0.3 is 14.6 Å². The van der Waals surface area contributed by atoms with Crippen molar-refractivity contribution in [3.05, 3.63) is 11.5 Å². The Hall–Kier alpha value is -1.45. The maximum atomic E-state index is 12.8. The molecule has 0 aromatic carbocycles. The fourth-order valence-corrected chi connectivity index (χ4v) is 5.00. The molecule has 1 N–H and O–H groups in total. The van der Waals surface area contributed by atoms with Crippen molar-refractivity contribution in [2.45, 2.75) is 38.5 Å². The number of piperidine rings is 1. The van der Waals surface area contributed by atoms with Gasteiger partial charge in [-0.2, -0.15) is 4.31 Å². The van der Waals surface area contributed by atoms with Crippen LogP contribution in [-0.2, 0) is 19.6 Å². The van der Waals surface area contributed by atoms with Crippen LogP contribution in [0.4, 0.5) is 0 Å². The summed E-state index contributed by atoms with van der Waals surface area (Å²) in [7, 11) is -2.02. The molecular weight excluding hydrogens is 346 g/mol. The minimum absolute atomic E-state index is 0.0101. The number of sulfonamides is 1. The summed E-state index contributed by atoms with van der Waals surface area (Å²) in [5, 5.41) is 6.58. The highest BCUT2D eigenvalue weighted by atomic mass is 32.2. The Labute approximate surface area is 148 Å². The van der Waals surface area contributed by atoms with E-state index in [-0.39, 0.29) is 22.6 Å². The third-order valence-corrected chi connectivity index (χ3v) is 6.93. The molecular formula is C16H27N3O5S. The molecule has 8 nitrogen and oxygen atoms in total. The van der Waals surface area contributed by atoms with Gasteiger partial charge in [0.05, 0.1) is 6.61 Å². The van der Waals surface area contributed by atoms with Crippen LogP contribution in [-0.4, -0.2) is 57.1 Å². The number of carbonyl (C=O) groups is 1. The maximum Gasteiger partial charge on any atom is 0.248 e. The van der Waals surface area contributed by atoms with Crippen molar-refractivity contribution in [1.82, 2.24) is 14.8 Å². The number of hydrogen-bond acceptors (Lipinski definition) is 6. The Bertz CT molecular complexity index is 673. The molecule has 1 aromatic rings. The van der Waals surface area contributed by atoms with Crippen LogP contribution in [0, 0.1) is 25.7 Å². The molecule has 0 aliphatic carbocycles. The standard InChI is InChI=1S/C16H27N3O5S/c1-11(16(20)17-7-10-23-4)14-5-8-19(9-6-14)25(21,22)15-12(2)18-24-13(15)3/h11,14H,5-10H2,1-4H3,(H,17,20)/t11-/m0/s1. The lowest BCUT2D eigenvalue weighted by Crippen LogP contribution is -2.43. The fourth-order valence-electron chi connectivity index (χ4n) is 3.24. The van der Waals surface area contributed by atoms with Crippen molar-refractivity contribution < 1.29 is 22.5 Å². The number of amides is 1. The number of carbonyl (C=O) groups excluding carboxylic acids is 1. The molecule has 2 rings (SSSR count). The molecule has 1 aliphatic rings. The Morgan fingerprint density at radius 1 is 1.40 bits per heavy atom. The smallest absolute Gasteiger partial charge is 0.248 e. The first-order valence-electron chi connectivity index (χ1n) is 8.48. The number of methoxy groups -OCH3 is 1. The molecule has 0 radical (unpaired) electrons. The van der Waals surface area contributed by atoms with E-state index in [1.807, 2.05) is 6.92 Å². The largest absolute Gasteiger partial charge is 0.383 e. The Morgan fingerprint density at radius 2 is 2.04 bits per heavy atom. The van der Waals surface area contributed by atoms with Crippen LogP contribution in [0.3, 0.4) is 0 Å². The summed E-state index contributed by atoms with van der Waals surface area (Å²) < 4.78 is 37.0. The first kappa shape index (κ1) is 19.9. The van der Waals surface area contributed by atoms with Crippen LogP contribution in [0.25, 0.3) is 0 Å². The summed E-state index contributed by atoms with van der Waals surface area (Å²) in [5.41, 5.74) is 0.380. The van der Waals surface area contributed by atoms with E-state index < -0.39 is 10.0 Å². The first-order chi connectivity index (χ1) is 11.8. The second-order valence-electron chi connectivity index (χ2n) is 6.47. The van der Waals surface area contributed by atoms with E-state index in [2.05, 4.69) is 10.5 Å². The van der Waals surface area contributed by atoms with E-state index in [4.69, 9.17) is 9.26 Å². The molecule has 0 unspecified atom stereocenters. The molecule has 0 bridgehead atoms. The third kappa shape index (κ3) is 4.39. The van der Waals surface area contributed by atoms with Crippen molar-refractivity contribution in [2.24, 2.45) is 11.8 Å². The average molecular weight is 373 g/mol. The second-order valence-corrected chi connectivity index (χ2v) is 8.34. The van der Waals surface area contributed by atoms with Crippen LogP contribution in [0.2, 0.25) is 0 Å². The number of nitrogens with zero attached hydrogens (tertiary/aromatic N) is 2. The predicted molar refractivity (Wildman–Crippen MR) is 91.5 cm³/mol.